The van der Waals surface area contributed by atoms with E-state index in [0.717, 1.165) is 29.7 Å². The molecule has 4 nitrogen and oxygen atoms in total. The Bertz CT molecular complexity index is 388. The Morgan fingerprint density at radius 1 is 1.73 bits per heavy atom. The van der Waals surface area contributed by atoms with Gasteiger partial charge in [0.15, 0.2) is 0 Å². The molecule has 82 valence electrons. The van der Waals surface area contributed by atoms with Gasteiger partial charge in [-0.15, -0.1) is 0 Å². The second-order valence-corrected chi connectivity index (χ2v) is 4.73. The van der Waals surface area contributed by atoms with Crippen LogP contribution in [0.2, 0.25) is 0 Å². The highest BCUT2D eigenvalue weighted by Crippen LogP contribution is 2.34. The van der Waals surface area contributed by atoms with Crippen LogP contribution in [0.1, 0.15) is 28.7 Å². The molecule has 0 aromatic carbocycles. The van der Waals surface area contributed by atoms with Gasteiger partial charge in [-0.1, -0.05) is 0 Å². The molecule has 1 aromatic rings. The fourth-order valence-electron chi connectivity index (χ4n) is 1.92. The van der Waals surface area contributed by atoms with Crippen molar-refractivity contribution in [3.05, 3.63) is 22.1 Å². The molecule has 1 aliphatic rings. The first-order valence-corrected chi connectivity index (χ1v) is 5.58. The summed E-state index contributed by atoms with van der Waals surface area (Å²) >= 11 is 3.34. The van der Waals surface area contributed by atoms with Gasteiger partial charge in [0.1, 0.15) is 5.76 Å². The number of halogens is 1. The summed E-state index contributed by atoms with van der Waals surface area (Å²) in [6.07, 6.45) is 1.02. The van der Waals surface area contributed by atoms with Crippen molar-refractivity contribution in [3.8, 4) is 0 Å². The van der Waals surface area contributed by atoms with E-state index in [4.69, 9.17) is 9.52 Å². The van der Waals surface area contributed by atoms with Crippen LogP contribution in [0.3, 0.4) is 0 Å². The number of hydrogen-bond donors (Lipinski definition) is 1. The molecule has 0 radical (unpaired) electrons. The molecule has 1 aliphatic heterocycles. The molecule has 1 atom stereocenters. The van der Waals surface area contributed by atoms with Crippen LogP contribution >= 0.6 is 15.9 Å². The number of likely N-dealkylation sites (N-methyl/N-ethyl adjacent to an activating group) is 1. The first kappa shape index (κ1) is 10.7. The monoisotopic (exact) mass is 273 g/mol. The van der Waals surface area contributed by atoms with E-state index in [0.29, 0.717) is 5.92 Å². The molecular formula is C10H12BrNO3. The highest BCUT2D eigenvalue weighted by Gasteiger charge is 2.27. The number of carbonyl (C=O) groups is 1. The summed E-state index contributed by atoms with van der Waals surface area (Å²) < 4.78 is 6.10. The minimum Gasteiger partial charge on any atom is -0.475 e. The lowest BCUT2D eigenvalue weighted by atomic mass is 10.1. The van der Waals surface area contributed by atoms with Gasteiger partial charge < -0.3 is 14.4 Å². The number of rotatable bonds is 2. The number of hydrogen-bond acceptors (Lipinski definition) is 3. The Morgan fingerprint density at radius 2 is 2.47 bits per heavy atom. The smallest absolute Gasteiger partial charge is 0.371 e. The maximum atomic E-state index is 10.7. The van der Waals surface area contributed by atoms with E-state index in [2.05, 4.69) is 27.9 Å². The van der Waals surface area contributed by atoms with Gasteiger partial charge in [-0.05, 0) is 35.9 Å². The predicted octanol–water partition coefficient (Wildman–Crippen LogP) is 2.16. The lowest BCUT2D eigenvalue weighted by Gasteiger charge is -2.07. The third-order valence-electron chi connectivity index (χ3n) is 2.69. The van der Waals surface area contributed by atoms with Gasteiger partial charge in [0.05, 0.1) is 4.47 Å². The summed E-state index contributed by atoms with van der Waals surface area (Å²) in [4.78, 5) is 12.9. The zero-order chi connectivity index (χ0) is 11.0. The summed E-state index contributed by atoms with van der Waals surface area (Å²) in [6.45, 7) is 1.95. The van der Waals surface area contributed by atoms with Crippen LogP contribution in [0, 0.1) is 0 Å². The number of carboxylic acid groups (broad SMARTS) is 1. The zero-order valence-electron chi connectivity index (χ0n) is 8.36. The zero-order valence-corrected chi connectivity index (χ0v) is 9.95. The predicted molar refractivity (Wildman–Crippen MR) is 58.2 cm³/mol. The van der Waals surface area contributed by atoms with E-state index >= 15 is 0 Å². The van der Waals surface area contributed by atoms with Crippen molar-refractivity contribution >= 4 is 21.9 Å². The van der Waals surface area contributed by atoms with Crippen molar-refractivity contribution < 1.29 is 14.3 Å². The average Bonchev–Trinajstić information content (AvgIpc) is 2.71. The molecule has 1 aromatic heterocycles. The number of aromatic carboxylic acids is 1. The molecule has 1 fully saturated rings. The van der Waals surface area contributed by atoms with Gasteiger partial charge in [0.2, 0.25) is 5.76 Å². The summed E-state index contributed by atoms with van der Waals surface area (Å²) in [5.41, 5.74) is 0. The second kappa shape index (κ2) is 3.98. The van der Waals surface area contributed by atoms with E-state index < -0.39 is 5.97 Å². The van der Waals surface area contributed by atoms with E-state index in [1.54, 1.807) is 0 Å². The summed E-state index contributed by atoms with van der Waals surface area (Å²) in [5, 5.41) is 8.79. The molecule has 0 saturated carbocycles. The van der Waals surface area contributed by atoms with Gasteiger partial charge in [-0.3, -0.25) is 0 Å². The van der Waals surface area contributed by atoms with Gasteiger partial charge in [-0.25, -0.2) is 4.79 Å². The van der Waals surface area contributed by atoms with Crippen molar-refractivity contribution in [1.29, 1.82) is 0 Å². The molecular weight excluding hydrogens is 262 g/mol. The van der Waals surface area contributed by atoms with Crippen LogP contribution < -0.4 is 0 Å². The molecule has 2 rings (SSSR count). The van der Waals surface area contributed by atoms with E-state index in [9.17, 15) is 4.79 Å². The molecule has 5 heteroatoms. The fraction of sp³-hybridized carbons (Fsp3) is 0.500. The Hall–Kier alpha value is -0.810. The van der Waals surface area contributed by atoms with Crippen LogP contribution in [-0.2, 0) is 0 Å². The molecule has 2 heterocycles. The lowest BCUT2D eigenvalue weighted by molar-refractivity contribution is 0.0659. The fourth-order valence-corrected chi connectivity index (χ4v) is 2.53. The van der Waals surface area contributed by atoms with Crippen molar-refractivity contribution in [2.24, 2.45) is 0 Å². The largest absolute Gasteiger partial charge is 0.475 e. The number of furan rings is 1. The maximum Gasteiger partial charge on any atom is 0.371 e. The SMILES string of the molecule is CN1CCC(c2oc(C(=O)O)cc2Br)C1. The third-order valence-corrected chi connectivity index (χ3v) is 3.31. The molecule has 1 N–H and O–H groups in total. The molecule has 0 amide bonds. The Kier molecular flexibility index (Phi) is 2.84. The second-order valence-electron chi connectivity index (χ2n) is 3.88. The summed E-state index contributed by atoms with van der Waals surface area (Å²) in [6, 6.07) is 1.52. The molecule has 0 spiro atoms. The van der Waals surface area contributed by atoms with E-state index in [1.807, 2.05) is 0 Å². The molecule has 0 bridgehead atoms. The molecule has 15 heavy (non-hydrogen) atoms. The summed E-state index contributed by atoms with van der Waals surface area (Å²) in [5.74, 6) is 0.0500. The van der Waals surface area contributed by atoms with Crippen LogP contribution in [0.4, 0.5) is 0 Å². The lowest BCUT2D eigenvalue weighted by Crippen LogP contribution is -2.13. The van der Waals surface area contributed by atoms with Crippen LogP contribution in [0.5, 0.6) is 0 Å². The normalized spacial score (nSPS) is 22.1. The van der Waals surface area contributed by atoms with Gasteiger partial charge in [0.25, 0.3) is 0 Å². The topological polar surface area (TPSA) is 53.7 Å². The van der Waals surface area contributed by atoms with Crippen LogP contribution in [0.25, 0.3) is 0 Å². The van der Waals surface area contributed by atoms with E-state index in [-0.39, 0.29) is 5.76 Å². The number of carboxylic acids is 1. The Morgan fingerprint density at radius 3 is 2.93 bits per heavy atom. The highest BCUT2D eigenvalue weighted by molar-refractivity contribution is 9.10. The van der Waals surface area contributed by atoms with Crippen molar-refractivity contribution in [1.82, 2.24) is 4.90 Å². The molecule has 0 aliphatic carbocycles. The minimum absolute atomic E-state index is 0.00595. The minimum atomic E-state index is -1.02. The first-order chi connectivity index (χ1) is 7.08. The van der Waals surface area contributed by atoms with Gasteiger partial charge in [0, 0.05) is 18.5 Å². The first-order valence-electron chi connectivity index (χ1n) is 4.79. The summed E-state index contributed by atoms with van der Waals surface area (Å²) in [7, 11) is 2.05. The van der Waals surface area contributed by atoms with E-state index in [1.165, 1.54) is 6.07 Å². The molecule has 1 saturated heterocycles. The van der Waals surface area contributed by atoms with Crippen LogP contribution in [-0.4, -0.2) is 36.1 Å². The quantitative estimate of drug-likeness (QED) is 0.897. The third kappa shape index (κ3) is 2.08. The van der Waals surface area contributed by atoms with Crippen molar-refractivity contribution in [2.75, 3.05) is 20.1 Å². The average molecular weight is 274 g/mol. The van der Waals surface area contributed by atoms with Gasteiger partial charge >= 0.3 is 5.97 Å². The van der Waals surface area contributed by atoms with Crippen LogP contribution in [0.15, 0.2) is 15.0 Å². The van der Waals surface area contributed by atoms with Gasteiger partial charge in [-0.2, -0.15) is 0 Å². The molecule has 1 unspecified atom stereocenters. The highest BCUT2D eigenvalue weighted by atomic mass is 79.9. The Balaban J connectivity index is 2.24. The van der Waals surface area contributed by atoms with Crippen molar-refractivity contribution in [3.63, 3.8) is 0 Å². The van der Waals surface area contributed by atoms with Crippen molar-refractivity contribution in [2.45, 2.75) is 12.3 Å². The Labute approximate surface area is 96.0 Å². The standard InChI is InChI=1S/C10H12BrNO3/c1-12-3-2-6(5-12)9-7(11)4-8(15-9)10(13)14/h4,6H,2-3,5H2,1H3,(H,13,14). The number of likely N-dealkylation sites (tertiary alicyclic amines) is 1. The maximum absolute atomic E-state index is 10.7. The number of nitrogens with zero attached hydrogens (tertiary/aromatic N) is 1.